The van der Waals surface area contributed by atoms with Crippen LogP contribution in [-0.4, -0.2) is 39.5 Å². The highest BCUT2D eigenvalue weighted by Gasteiger charge is 2.29. The molecule has 0 aliphatic carbocycles. The smallest absolute Gasteiger partial charge is 0.196 e. The van der Waals surface area contributed by atoms with Gasteiger partial charge in [0.15, 0.2) is 17.1 Å². The first-order valence-electron chi connectivity index (χ1n) is 5.99. The Labute approximate surface area is 109 Å². The molecule has 1 N–H and O–H groups in total. The van der Waals surface area contributed by atoms with E-state index in [9.17, 15) is 9.90 Å². The molecule has 2 aromatic heterocycles. The predicted molar refractivity (Wildman–Crippen MR) is 70.5 cm³/mol. The summed E-state index contributed by atoms with van der Waals surface area (Å²) in [6, 6.07) is 0. The molecule has 1 fully saturated rings. The minimum Gasteiger partial charge on any atom is -0.390 e. The van der Waals surface area contributed by atoms with Gasteiger partial charge in [-0.3, -0.25) is 9.20 Å². The van der Waals surface area contributed by atoms with E-state index in [1.165, 1.54) is 11.3 Å². The van der Waals surface area contributed by atoms with Gasteiger partial charge in [-0.05, 0) is 19.8 Å². The lowest BCUT2D eigenvalue weighted by Crippen LogP contribution is -2.42. The van der Waals surface area contributed by atoms with Crippen molar-refractivity contribution >= 4 is 28.4 Å². The van der Waals surface area contributed by atoms with Crippen LogP contribution in [0.4, 0.5) is 5.82 Å². The molecule has 6 heteroatoms. The molecule has 5 nitrogen and oxygen atoms in total. The summed E-state index contributed by atoms with van der Waals surface area (Å²) in [6.45, 7) is 3.33. The second-order valence-electron chi connectivity index (χ2n) is 4.98. The third kappa shape index (κ3) is 1.81. The number of hydrogen-bond donors (Lipinski definition) is 1. The summed E-state index contributed by atoms with van der Waals surface area (Å²) in [5.74, 6) is 0.743. The summed E-state index contributed by atoms with van der Waals surface area (Å²) in [4.78, 5) is 18.7. The third-order valence-corrected chi connectivity index (χ3v) is 4.29. The van der Waals surface area contributed by atoms with Crippen LogP contribution in [0.3, 0.4) is 0 Å². The van der Waals surface area contributed by atoms with Crippen molar-refractivity contribution in [2.45, 2.75) is 25.4 Å². The molecule has 0 radical (unpaired) electrons. The fraction of sp³-hybridized carbons (Fsp3) is 0.500. The van der Waals surface area contributed by atoms with E-state index in [0.717, 1.165) is 30.2 Å². The Morgan fingerprint density at radius 1 is 1.50 bits per heavy atom. The van der Waals surface area contributed by atoms with Crippen LogP contribution in [0.25, 0.3) is 4.96 Å². The van der Waals surface area contributed by atoms with Gasteiger partial charge in [0.1, 0.15) is 5.69 Å². The van der Waals surface area contributed by atoms with Crippen LogP contribution < -0.4 is 4.90 Å². The van der Waals surface area contributed by atoms with Gasteiger partial charge in [-0.1, -0.05) is 0 Å². The van der Waals surface area contributed by atoms with Gasteiger partial charge in [0.25, 0.3) is 0 Å². The number of thiazole rings is 1. The first kappa shape index (κ1) is 11.7. The second kappa shape index (κ2) is 4.07. The molecule has 1 aliphatic rings. The van der Waals surface area contributed by atoms with E-state index in [1.54, 1.807) is 0 Å². The quantitative estimate of drug-likeness (QED) is 0.837. The van der Waals surface area contributed by atoms with E-state index >= 15 is 0 Å². The van der Waals surface area contributed by atoms with E-state index in [1.807, 2.05) is 22.9 Å². The summed E-state index contributed by atoms with van der Waals surface area (Å²) in [7, 11) is 0. The average molecular weight is 265 g/mol. The maximum atomic E-state index is 11.2. The molecule has 18 heavy (non-hydrogen) atoms. The SMILES string of the molecule is CC1(O)CCN(c2nc3sccn3c2C=O)CC1. The van der Waals surface area contributed by atoms with E-state index in [0.29, 0.717) is 18.5 Å². The summed E-state index contributed by atoms with van der Waals surface area (Å²) in [5, 5.41) is 11.9. The maximum Gasteiger partial charge on any atom is 0.196 e. The molecule has 0 amide bonds. The van der Waals surface area contributed by atoms with Gasteiger partial charge in [0, 0.05) is 24.7 Å². The Hall–Kier alpha value is -1.40. The minimum atomic E-state index is -0.588. The second-order valence-corrected chi connectivity index (χ2v) is 5.85. The minimum absolute atomic E-state index is 0.588. The fourth-order valence-corrected chi connectivity index (χ4v) is 3.05. The van der Waals surface area contributed by atoms with Crippen molar-refractivity contribution in [2.75, 3.05) is 18.0 Å². The lowest BCUT2D eigenvalue weighted by atomic mass is 9.94. The predicted octanol–water partition coefficient (Wildman–Crippen LogP) is 1.56. The maximum absolute atomic E-state index is 11.2. The van der Waals surface area contributed by atoms with Crippen molar-refractivity contribution in [1.29, 1.82) is 0 Å². The summed E-state index contributed by atoms with van der Waals surface area (Å²) >= 11 is 1.52. The third-order valence-electron chi connectivity index (χ3n) is 3.53. The number of rotatable bonds is 2. The molecule has 0 spiro atoms. The molecule has 96 valence electrons. The van der Waals surface area contributed by atoms with Gasteiger partial charge in [-0.25, -0.2) is 4.98 Å². The lowest BCUT2D eigenvalue weighted by molar-refractivity contribution is 0.0350. The van der Waals surface area contributed by atoms with Crippen molar-refractivity contribution in [3.05, 3.63) is 17.3 Å². The Kier molecular flexibility index (Phi) is 2.64. The van der Waals surface area contributed by atoms with Crippen molar-refractivity contribution < 1.29 is 9.90 Å². The van der Waals surface area contributed by atoms with Gasteiger partial charge in [0.2, 0.25) is 0 Å². The van der Waals surface area contributed by atoms with Crippen LogP contribution in [0.5, 0.6) is 0 Å². The molecule has 3 heterocycles. The number of fused-ring (bicyclic) bond motifs is 1. The Bertz CT molecular complexity index is 577. The van der Waals surface area contributed by atoms with Crippen molar-refractivity contribution in [3.63, 3.8) is 0 Å². The summed E-state index contributed by atoms with van der Waals surface area (Å²) < 4.78 is 1.82. The summed E-state index contributed by atoms with van der Waals surface area (Å²) in [6.07, 6.45) is 4.13. The molecule has 0 atom stereocenters. The highest BCUT2D eigenvalue weighted by atomic mass is 32.1. The van der Waals surface area contributed by atoms with Crippen LogP contribution in [0, 0.1) is 0 Å². The molecule has 3 rings (SSSR count). The van der Waals surface area contributed by atoms with E-state index < -0.39 is 5.60 Å². The Morgan fingerprint density at radius 3 is 2.89 bits per heavy atom. The molecular formula is C12H15N3O2S. The average Bonchev–Trinajstić information content (AvgIpc) is 2.88. The Balaban J connectivity index is 1.95. The molecule has 0 bridgehead atoms. The Morgan fingerprint density at radius 2 is 2.22 bits per heavy atom. The number of hydrogen-bond acceptors (Lipinski definition) is 5. The van der Waals surface area contributed by atoms with Crippen LogP contribution in [0.2, 0.25) is 0 Å². The number of piperidine rings is 1. The van der Waals surface area contributed by atoms with Gasteiger partial charge in [-0.15, -0.1) is 11.3 Å². The van der Waals surface area contributed by atoms with Crippen LogP contribution in [0.15, 0.2) is 11.6 Å². The van der Waals surface area contributed by atoms with E-state index in [2.05, 4.69) is 9.88 Å². The van der Waals surface area contributed by atoms with Gasteiger partial charge < -0.3 is 10.0 Å². The fourth-order valence-electron chi connectivity index (χ4n) is 2.33. The zero-order valence-electron chi connectivity index (χ0n) is 10.2. The molecule has 1 saturated heterocycles. The first-order chi connectivity index (χ1) is 8.61. The van der Waals surface area contributed by atoms with Crippen molar-refractivity contribution in [1.82, 2.24) is 9.38 Å². The number of aromatic nitrogens is 2. The zero-order valence-corrected chi connectivity index (χ0v) is 11.0. The number of carbonyl (C=O) groups is 1. The van der Waals surface area contributed by atoms with Crippen LogP contribution in [-0.2, 0) is 0 Å². The van der Waals surface area contributed by atoms with Crippen LogP contribution >= 0.6 is 11.3 Å². The van der Waals surface area contributed by atoms with Crippen molar-refractivity contribution in [2.24, 2.45) is 0 Å². The number of imidazole rings is 1. The number of nitrogens with zero attached hydrogens (tertiary/aromatic N) is 3. The van der Waals surface area contributed by atoms with E-state index in [-0.39, 0.29) is 0 Å². The normalized spacial score (nSPS) is 19.3. The molecule has 0 unspecified atom stereocenters. The highest BCUT2D eigenvalue weighted by molar-refractivity contribution is 7.15. The molecule has 0 aromatic carbocycles. The molecular weight excluding hydrogens is 250 g/mol. The van der Waals surface area contributed by atoms with Crippen LogP contribution in [0.1, 0.15) is 30.3 Å². The lowest BCUT2D eigenvalue weighted by Gasteiger charge is -2.36. The molecule has 2 aromatic rings. The van der Waals surface area contributed by atoms with E-state index in [4.69, 9.17) is 0 Å². The topological polar surface area (TPSA) is 57.8 Å². The first-order valence-corrected chi connectivity index (χ1v) is 6.87. The van der Waals surface area contributed by atoms with Gasteiger partial charge in [-0.2, -0.15) is 0 Å². The number of aldehydes is 1. The largest absolute Gasteiger partial charge is 0.390 e. The monoisotopic (exact) mass is 265 g/mol. The molecule has 1 aliphatic heterocycles. The number of anilines is 1. The van der Waals surface area contributed by atoms with Crippen molar-refractivity contribution in [3.8, 4) is 0 Å². The standard InChI is InChI=1S/C12H15N3O2S/c1-12(17)2-4-14(5-3-12)10-9(8-16)15-6-7-18-11(15)13-10/h6-8,17H,2-5H2,1H3. The zero-order chi connectivity index (χ0) is 12.8. The van der Waals surface area contributed by atoms with Gasteiger partial charge in [0.05, 0.1) is 5.60 Å². The molecule has 0 saturated carbocycles. The number of carbonyl (C=O) groups excluding carboxylic acids is 1. The van der Waals surface area contributed by atoms with Gasteiger partial charge >= 0.3 is 0 Å². The number of aliphatic hydroxyl groups is 1. The highest BCUT2D eigenvalue weighted by Crippen LogP contribution is 2.28. The summed E-state index contributed by atoms with van der Waals surface area (Å²) in [5.41, 5.74) is 0.0161.